The van der Waals surface area contributed by atoms with Gasteiger partial charge in [-0.15, -0.1) is 0 Å². The van der Waals surface area contributed by atoms with Gasteiger partial charge in [0.2, 0.25) is 0 Å². The number of hydrogen-bond donors (Lipinski definition) is 1. The van der Waals surface area contributed by atoms with Crippen molar-refractivity contribution in [3.63, 3.8) is 0 Å². The maximum atomic E-state index is 13.4. The van der Waals surface area contributed by atoms with E-state index in [9.17, 15) is 9.90 Å². The molecule has 4 atom stereocenters. The number of phenolic OH excluding ortho intramolecular Hbond substituents is 1. The summed E-state index contributed by atoms with van der Waals surface area (Å²) in [5, 5.41) is 18.8. The number of hydrogen-bond acceptors (Lipinski definition) is 3. The molecule has 29 heavy (non-hydrogen) atoms. The molecule has 0 amide bonds. The summed E-state index contributed by atoms with van der Waals surface area (Å²) in [4.78, 5) is 13.4. The van der Waals surface area contributed by atoms with Crippen LogP contribution >= 0.6 is 0 Å². The van der Waals surface area contributed by atoms with E-state index in [0.29, 0.717) is 34.8 Å². The number of phenols is 1. The zero-order valence-corrected chi connectivity index (χ0v) is 16.7. The van der Waals surface area contributed by atoms with Crippen LogP contribution in [0.1, 0.15) is 60.8 Å². The third-order valence-corrected chi connectivity index (χ3v) is 7.73. The predicted octanol–water partition coefficient (Wildman–Crippen LogP) is 5.38. The number of rotatable bonds is 1. The molecule has 2 aromatic rings. The van der Waals surface area contributed by atoms with Crippen LogP contribution in [0.5, 0.6) is 5.75 Å². The summed E-state index contributed by atoms with van der Waals surface area (Å²) in [7, 11) is 0. The van der Waals surface area contributed by atoms with Crippen molar-refractivity contribution in [1.29, 1.82) is 5.26 Å². The van der Waals surface area contributed by atoms with Crippen LogP contribution < -0.4 is 0 Å². The number of carbonyl (C=O) groups is 1. The van der Waals surface area contributed by atoms with Gasteiger partial charge in [0, 0.05) is 5.41 Å². The zero-order chi connectivity index (χ0) is 20.2. The van der Waals surface area contributed by atoms with Crippen molar-refractivity contribution in [3.8, 4) is 11.8 Å². The van der Waals surface area contributed by atoms with Gasteiger partial charge in [-0.05, 0) is 102 Å². The van der Waals surface area contributed by atoms with Crippen LogP contribution in [-0.4, -0.2) is 10.9 Å². The van der Waals surface area contributed by atoms with Gasteiger partial charge < -0.3 is 5.11 Å². The van der Waals surface area contributed by atoms with Crippen molar-refractivity contribution in [2.24, 2.45) is 17.3 Å². The summed E-state index contributed by atoms with van der Waals surface area (Å²) in [5.74, 6) is 2.09. The van der Waals surface area contributed by atoms with Gasteiger partial charge in [0.1, 0.15) is 5.75 Å². The molecule has 3 aliphatic carbocycles. The first-order valence-corrected chi connectivity index (χ1v) is 10.6. The third kappa shape index (κ3) is 2.82. The van der Waals surface area contributed by atoms with Gasteiger partial charge in [-0.25, -0.2) is 0 Å². The number of aromatic hydroxyl groups is 1. The lowest BCUT2D eigenvalue weighted by Gasteiger charge is -2.48. The highest BCUT2D eigenvalue weighted by Crippen LogP contribution is 2.60. The van der Waals surface area contributed by atoms with E-state index >= 15 is 0 Å². The van der Waals surface area contributed by atoms with Crippen LogP contribution in [0.2, 0.25) is 0 Å². The molecule has 3 heteroatoms. The summed E-state index contributed by atoms with van der Waals surface area (Å²) >= 11 is 0. The van der Waals surface area contributed by atoms with E-state index in [1.54, 1.807) is 0 Å². The van der Waals surface area contributed by atoms with Crippen LogP contribution in [0.3, 0.4) is 0 Å². The average Bonchev–Trinajstić information content (AvgIpc) is 2.99. The smallest absolute Gasteiger partial charge is 0.165 e. The van der Waals surface area contributed by atoms with Crippen molar-refractivity contribution >= 4 is 11.9 Å². The Balaban J connectivity index is 1.47. The Morgan fingerprint density at radius 2 is 1.97 bits per heavy atom. The molecule has 0 radical (unpaired) electrons. The average molecular weight is 383 g/mol. The fourth-order valence-corrected chi connectivity index (χ4v) is 6.22. The van der Waals surface area contributed by atoms with Gasteiger partial charge in [-0.2, -0.15) is 5.26 Å². The van der Waals surface area contributed by atoms with Crippen LogP contribution in [0, 0.1) is 28.6 Å². The summed E-state index contributed by atoms with van der Waals surface area (Å²) in [6, 6.07) is 15.5. The number of nitrogens with zero attached hydrogens (tertiary/aromatic N) is 1. The maximum absolute atomic E-state index is 13.4. The van der Waals surface area contributed by atoms with Gasteiger partial charge in [0.25, 0.3) is 0 Å². The fourth-order valence-electron chi connectivity index (χ4n) is 6.22. The second-order valence-corrected chi connectivity index (χ2v) is 9.19. The van der Waals surface area contributed by atoms with Crippen molar-refractivity contribution in [2.45, 2.75) is 44.9 Å². The molecular weight excluding hydrogens is 358 g/mol. The van der Waals surface area contributed by atoms with E-state index in [0.717, 1.165) is 43.2 Å². The molecule has 0 aromatic heterocycles. The number of ketones is 1. The molecule has 0 bridgehead atoms. The quantitative estimate of drug-likeness (QED) is 0.672. The first-order chi connectivity index (χ1) is 14.0. The number of aryl methyl sites for hydroxylation is 1. The van der Waals surface area contributed by atoms with E-state index in [1.165, 1.54) is 11.1 Å². The summed E-state index contributed by atoms with van der Waals surface area (Å²) in [6.07, 6.45) is 6.95. The number of fused-ring (bicyclic) bond motifs is 5. The molecule has 0 aliphatic heterocycles. The minimum Gasteiger partial charge on any atom is -0.508 e. The van der Waals surface area contributed by atoms with Crippen LogP contribution in [0.4, 0.5) is 0 Å². The number of nitriles is 1. The molecule has 5 rings (SSSR count). The predicted molar refractivity (Wildman–Crippen MR) is 112 cm³/mol. The molecule has 3 nitrogen and oxygen atoms in total. The Bertz CT molecular complexity index is 1060. The largest absolute Gasteiger partial charge is 0.508 e. The van der Waals surface area contributed by atoms with Gasteiger partial charge in [0.15, 0.2) is 5.78 Å². The van der Waals surface area contributed by atoms with Crippen molar-refractivity contribution < 1.29 is 9.90 Å². The Kier molecular flexibility index (Phi) is 4.13. The van der Waals surface area contributed by atoms with Crippen LogP contribution in [0.25, 0.3) is 6.08 Å². The van der Waals surface area contributed by atoms with E-state index in [-0.39, 0.29) is 5.41 Å². The molecule has 0 spiro atoms. The van der Waals surface area contributed by atoms with Crippen LogP contribution in [0.15, 0.2) is 48.0 Å². The van der Waals surface area contributed by atoms with Gasteiger partial charge in [0.05, 0.1) is 11.6 Å². The zero-order valence-electron chi connectivity index (χ0n) is 16.7. The lowest BCUT2D eigenvalue weighted by Crippen LogP contribution is -2.42. The topological polar surface area (TPSA) is 61.1 Å². The number of allylic oxidation sites excluding steroid dienone is 1. The van der Waals surface area contributed by atoms with Gasteiger partial charge in [-0.3, -0.25) is 4.79 Å². The molecule has 3 aliphatic rings. The minimum atomic E-state index is -0.256. The minimum absolute atomic E-state index is 0.256. The Morgan fingerprint density at radius 3 is 2.72 bits per heavy atom. The van der Waals surface area contributed by atoms with E-state index in [4.69, 9.17) is 5.26 Å². The summed E-state index contributed by atoms with van der Waals surface area (Å²) in [6.45, 7) is 2.18. The standard InChI is InChI=1S/C26H25NO2/c1-26-11-10-22-21-9-7-20(28)13-18(21)6-8-23(22)24(26)14-19(25(26)29)12-16-2-4-17(15-27)5-3-16/h2-5,7,9,12-13,22-24,28H,6,8,10-11,14H2,1H3/b19-12+/t22?,23?,24?,26-/m0/s1. The van der Waals surface area contributed by atoms with E-state index in [2.05, 4.69) is 19.1 Å². The third-order valence-electron chi connectivity index (χ3n) is 7.73. The summed E-state index contributed by atoms with van der Waals surface area (Å²) in [5.41, 5.74) is 4.99. The number of benzene rings is 2. The molecule has 0 saturated heterocycles. The Hall–Kier alpha value is -2.86. The van der Waals surface area contributed by atoms with E-state index < -0.39 is 0 Å². The van der Waals surface area contributed by atoms with E-state index in [1.807, 2.05) is 42.5 Å². The summed E-state index contributed by atoms with van der Waals surface area (Å²) < 4.78 is 0. The lowest BCUT2D eigenvalue weighted by molar-refractivity contribution is -0.127. The Morgan fingerprint density at radius 1 is 1.17 bits per heavy atom. The van der Waals surface area contributed by atoms with Gasteiger partial charge >= 0.3 is 0 Å². The second kappa shape index (κ2) is 6.59. The highest BCUT2D eigenvalue weighted by molar-refractivity contribution is 6.06. The molecule has 2 aromatic carbocycles. The highest BCUT2D eigenvalue weighted by Gasteiger charge is 2.56. The second-order valence-electron chi connectivity index (χ2n) is 9.19. The number of Topliss-reactive ketones (excluding diaryl/α,β-unsaturated/α-hetero) is 1. The molecule has 2 fully saturated rings. The molecule has 0 heterocycles. The molecule has 3 unspecified atom stereocenters. The SMILES string of the molecule is C[C@]12CCC3c4ccc(O)cc4CCC3C1C/C(=C\c1ccc(C#N)cc1)C2=O. The maximum Gasteiger partial charge on any atom is 0.165 e. The molecule has 1 N–H and O–H groups in total. The first kappa shape index (κ1) is 18.2. The molecule has 146 valence electrons. The highest BCUT2D eigenvalue weighted by atomic mass is 16.3. The number of carbonyl (C=O) groups excluding carboxylic acids is 1. The van der Waals surface area contributed by atoms with Crippen molar-refractivity contribution in [1.82, 2.24) is 0 Å². The molecule has 2 saturated carbocycles. The lowest BCUT2D eigenvalue weighted by atomic mass is 9.55. The fraction of sp³-hybridized carbons (Fsp3) is 0.385. The van der Waals surface area contributed by atoms with Crippen molar-refractivity contribution in [2.75, 3.05) is 0 Å². The molecular formula is C26H25NO2. The first-order valence-electron chi connectivity index (χ1n) is 10.6. The van der Waals surface area contributed by atoms with Crippen molar-refractivity contribution in [3.05, 3.63) is 70.3 Å². The normalized spacial score (nSPS) is 31.7. The monoisotopic (exact) mass is 383 g/mol. The van der Waals surface area contributed by atoms with Gasteiger partial charge in [-0.1, -0.05) is 25.1 Å². The Labute approximate surface area is 171 Å². The van der Waals surface area contributed by atoms with Crippen LogP contribution in [-0.2, 0) is 11.2 Å².